The maximum atomic E-state index is 13.3. The summed E-state index contributed by atoms with van der Waals surface area (Å²) >= 11 is 0. The van der Waals surface area contributed by atoms with Gasteiger partial charge in [0.25, 0.3) is 0 Å². The minimum absolute atomic E-state index is 0.0271. The number of hydrogen-bond acceptors (Lipinski definition) is 7. The lowest BCUT2D eigenvalue weighted by atomic mass is 9.99. The molecule has 9 nitrogen and oxygen atoms in total. The van der Waals surface area contributed by atoms with E-state index in [1.807, 2.05) is 30.3 Å². The molecule has 1 aromatic heterocycles. The van der Waals surface area contributed by atoms with Gasteiger partial charge in [-0.05, 0) is 43.2 Å². The zero-order valence-electron chi connectivity index (χ0n) is 16.8. The number of nitrogens with zero attached hydrogens (tertiary/aromatic N) is 3. The van der Waals surface area contributed by atoms with Crippen molar-refractivity contribution < 1.29 is 27.5 Å². The fourth-order valence-electron chi connectivity index (χ4n) is 3.53. The first-order valence-corrected chi connectivity index (χ1v) is 11.1. The third-order valence-electron chi connectivity index (χ3n) is 5.28. The molecule has 0 radical (unpaired) electrons. The van der Waals surface area contributed by atoms with Gasteiger partial charge in [0.2, 0.25) is 21.8 Å². The Labute approximate surface area is 179 Å². The number of carboxylic acid groups (broad SMARTS) is 1. The van der Waals surface area contributed by atoms with Crippen LogP contribution in [0.2, 0.25) is 0 Å². The fourth-order valence-corrected chi connectivity index (χ4v) is 5.18. The van der Waals surface area contributed by atoms with Crippen molar-refractivity contribution in [2.24, 2.45) is 5.92 Å². The summed E-state index contributed by atoms with van der Waals surface area (Å²) in [4.78, 5) is 11.1. The Kier molecular flexibility index (Phi) is 5.75. The van der Waals surface area contributed by atoms with Gasteiger partial charge in [0, 0.05) is 24.2 Å². The van der Waals surface area contributed by atoms with Gasteiger partial charge in [-0.25, -0.2) is 8.42 Å². The molecule has 31 heavy (non-hydrogen) atoms. The van der Waals surface area contributed by atoms with E-state index in [1.165, 1.54) is 17.5 Å². The molecule has 0 aliphatic carbocycles. The van der Waals surface area contributed by atoms with Crippen molar-refractivity contribution >= 4 is 16.0 Å². The molecule has 0 atom stereocenters. The van der Waals surface area contributed by atoms with E-state index < -0.39 is 21.9 Å². The summed E-state index contributed by atoms with van der Waals surface area (Å²) in [5.41, 5.74) is 1.19. The second-order valence-electron chi connectivity index (χ2n) is 7.16. The van der Waals surface area contributed by atoms with E-state index >= 15 is 0 Å². The van der Waals surface area contributed by atoms with Gasteiger partial charge in [0.05, 0.1) is 13.0 Å². The molecule has 1 saturated heterocycles. The zero-order chi connectivity index (χ0) is 22.0. The average Bonchev–Trinajstić information content (AvgIpc) is 3.29. The fraction of sp³-hybridized carbons (Fsp3) is 0.286. The molecule has 1 aliphatic rings. The van der Waals surface area contributed by atoms with Crippen molar-refractivity contribution in [3.8, 4) is 28.7 Å². The van der Waals surface area contributed by atoms with Crippen LogP contribution in [0.5, 0.6) is 5.75 Å². The van der Waals surface area contributed by atoms with Crippen LogP contribution in [-0.2, 0) is 14.8 Å². The summed E-state index contributed by atoms with van der Waals surface area (Å²) in [5.74, 6) is -0.738. The van der Waals surface area contributed by atoms with Crippen LogP contribution >= 0.6 is 0 Å². The summed E-state index contributed by atoms with van der Waals surface area (Å²) in [6, 6.07) is 13.9. The number of rotatable bonds is 6. The molecule has 2 heterocycles. The lowest BCUT2D eigenvalue weighted by Crippen LogP contribution is -2.40. The quantitative estimate of drug-likeness (QED) is 0.617. The SMILES string of the molecule is COc1ccc(-c2nnc(-c3ccccc3)o2)cc1S(=O)(=O)N1CCC(C(=O)O)CC1. The maximum absolute atomic E-state index is 13.3. The molecule has 0 amide bonds. The standard InChI is InChI=1S/C21H21N3O6S/c1-29-17-8-7-16(20-23-22-19(30-20)14-5-3-2-4-6-14)13-18(17)31(27,28)24-11-9-15(10-12-24)21(25)26/h2-8,13,15H,9-12H2,1H3,(H,25,26). The van der Waals surface area contributed by atoms with E-state index in [-0.39, 0.29) is 42.5 Å². The van der Waals surface area contributed by atoms with E-state index in [0.717, 1.165) is 5.56 Å². The van der Waals surface area contributed by atoms with Gasteiger partial charge >= 0.3 is 5.97 Å². The van der Waals surface area contributed by atoms with Crippen LogP contribution < -0.4 is 4.74 Å². The Morgan fingerprint density at radius 2 is 1.71 bits per heavy atom. The summed E-state index contributed by atoms with van der Waals surface area (Å²) in [6.07, 6.45) is 0.529. The normalized spacial score (nSPS) is 15.6. The number of aromatic nitrogens is 2. The lowest BCUT2D eigenvalue weighted by Gasteiger charge is -2.29. The molecule has 162 valence electrons. The summed E-state index contributed by atoms with van der Waals surface area (Å²) in [7, 11) is -2.51. The smallest absolute Gasteiger partial charge is 0.306 e. The van der Waals surface area contributed by atoms with Crippen LogP contribution in [0.1, 0.15) is 12.8 Å². The van der Waals surface area contributed by atoms with Crippen molar-refractivity contribution in [2.75, 3.05) is 20.2 Å². The second kappa shape index (κ2) is 8.48. The van der Waals surface area contributed by atoms with Crippen LogP contribution in [0.4, 0.5) is 0 Å². The van der Waals surface area contributed by atoms with Gasteiger partial charge in [0.15, 0.2) is 0 Å². The number of benzene rings is 2. The molecule has 2 aromatic carbocycles. The van der Waals surface area contributed by atoms with E-state index in [1.54, 1.807) is 12.1 Å². The van der Waals surface area contributed by atoms with Crippen LogP contribution in [-0.4, -0.2) is 54.2 Å². The van der Waals surface area contributed by atoms with Gasteiger partial charge in [-0.3, -0.25) is 4.79 Å². The van der Waals surface area contributed by atoms with Gasteiger partial charge in [0.1, 0.15) is 10.6 Å². The average molecular weight is 443 g/mol. The summed E-state index contributed by atoms with van der Waals surface area (Å²) < 4.78 is 38.9. The number of sulfonamides is 1. The van der Waals surface area contributed by atoms with Crippen molar-refractivity contribution in [1.29, 1.82) is 0 Å². The minimum Gasteiger partial charge on any atom is -0.495 e. The van der Waals surface area contributed by atoms with Crippen molar-refractivity contribution in [3.63, 3.8) is 0 Å². The van der Waals surface area contributed by atoms with Crippen molar-refractivity contribution in [2.45, 2.75) is 17.7 Å². The highest BCUT2D eigenvalue weighted by atomic mass is 32.2. The number of carbonyl (C=O) groups is 1. The van der Waals surface area contributed by atoms with E-state index in [4.69, 9.17) is 14.3 Å². The van der Waals surface area contributed by atoms with Gasteiger partial charge in [-0.2, -0.15) is 4.31 Å². The zero-order valence-corrected chi connectivity index (χ0v) is 17.6. The molecule has 4 rings (SSSR count). The van der Waals surface area contributed by atoms with Crippen molar-refractivity contribution in [3.05, 3.63) is 48.5 Å². The van der Waals surface area contributed by atoms with E-state index in [9.17, 15) is 13.2 Å². The first-order valence-electron chi connectivity index (χ1n) is 9.70. The van der Waals surface area contributed by atoms with Crippen LogP contribution in [0.15, 0.2) is 57.8 Å². The first-order chi connectivity index (χ1) is 14.9. The first kappa shape index (κ1) is 21.0. The number of carboxylic acids is 1. The third-order valence-corrected chi connectivity index (χ3v) is 7.20. The largest absolute Gasteiger partial charge is 0.495 e. The van der Waals surface area contributed by atoms with Crippen LogP contribution in [0, 0.1) is 5.92 Å². The molecule has 0 unspecified atom stereocenters. The Balaban J connectivity index is 1.66. The molecular weight excluding hydrogens is 422 g/mol. The van der Waals surface area contributed by atoms with Crippen LogP contribution in [0.3, 0.4) is 0 Å². The minimum atomic E-state index is -3.90. The highest BCUT2D eigenvalue weighted by molar-refractivity contribution is 7.89. The predicted octanol–water partition coefficient (Wildman–Crippen LogP) is 2.90. The molecular formula is C21H21N3O6S. The molecule has 0 spiro atoms. The number of ether oxygens (including phenoxy) is 1. The Morgan fingerprint density at radius 1 is 1.06 bits per heavy atom. The molecule has 1 fully saturated rings. The Bertz CT molecular complexity index is 1180. The van der Waals surface area contributed by atoms with Gasteiger partial charge in [-0.1, -0.05) is 18.2 Å². The number of methoxy groups -OCH3 is 1. The molecule has 0 bridgehead atoms. The van der Waals surface area contributed by atoms with E-state index in [0.29, 0.717) is 11.5 Å². The third kappa shape index (κ3) is 4.17. The Morgan fingerprint density at radius 3 is 2.32 bits per heavy atom. The summed E-state index contributed by atoms with van der Waals surface area (Å²) in [5, 5.41) is 17.3. The highest BCUT2D eigenvalue weighted by Gasteiger charge is 2.34. The molecule has 0 saturated carbocycles. The monoisotopic (exact) mass is 443 g/mol. The van der Waals surface area contributed by atoms with Gasteiger partial charge in [-0.15, -0.1) is 10.2 Å². The Hall–Kier alpha value is -3.24. The lowest BCUT2D eigenvalue weighted by molar-refractivity contribution is -0.142. The molecule has 3 aromatic rings. The maximum Gasteiger partial charge on any atom is 0.306 e. The second-order valence-corrected chi connectivity index (χ2v) is 9.07. The topological polar surface area (TPSA) is 123 Å². The number of hydrogen-bond donors (Lipinski definition) is 1. The molecule has 1 N–H and O–H groups in total. The van der Waals surface area contributed by atoms with Crippen molar-refractivity contribution in [1.82, 2.24) is 14.5 Å². The molecule has 10 heteroatoms. The predicted molar refractivity (Wildman–Crippen MR) is 111 cm³/mol. The van der Waals surface area contributed by atoms with Crippen LogP contribution in [0.25, 0.3) is 22.9 Å². The number of piperidine rings is 1. The number of aliphatic carboxylic acids is 1. The summed E-state index contributed by atoms with van der Waals surface area (Å²) in [6.45, 7) is 0.261. The van der Waals surface area contributed by atoms with Gasteiger partial charge < -0.3 is 14.3 Å². The molecule has 1 aliphatic heterocycles. The highest BCUT2D eigenvalue weighted by Crippen LogP contribution is 2.34. The van der Waals surface area contributed by atoms with E-state index in [2.05, 4.69) is 10.2 Å².